The summed E-state index contributed by atoms with van der Waals surface area (Å²) in [6.07, 6.45) is 8.62. The fourth-order valence-corrected chi connectivity index (χ4v) is 4.17. The lowest BCUT2D eigenvalue weighted by atomic mass is 9.92. The molecule has 1 N–H and O–H groups in total. The number of imide groups is 2. The quantitative estimate of drug-likeness (QED) is 0.675. The fraction of sp³-hybridized carbons (Fsp3) is 0.471. The molecule has 24 heavy (non-hydrogen) atoms. The first-order valence-electron chi connectivity index (χ1n) is 8.25. The van der Waals surface area contributed by atoms with Gasteiger partial charge in [-0.25, -0.2) is 4.79 Å². The molecule has 2 saturated carbocycles. The van der Waals surface area contributed by atoms with E-state index in [4.69, 9.17) is 0 Å². The van der Waals surface area contributed by atoms with Crippen LogP contribution in [0.25, 0.3) is 0 Å². The van der Waals surface area contributed by atoms with E-state index >= 15 is 0 Å². The van der Waals surface area contributed by atoms with Gasteiger partial charge in [0.25, 0.3) is 0 Å². The molecule has 0 unspecified atom stereocenters. The minimum absolute atomic E-state index is 0.0846. The minimum Gasteiger partial charge on any atom is -0.277 e. The molecular weight excluding hydrogens is 308 g/mol. The summed E-state index contributed by atoms with van der Waals surface area (Å²) in [6, 6.07) is 2.78. The van der Waals surface area contributed by atoms with E-state index in [-0.39, 0.29) is 6.04 Å². The Kier molecular flexibility index (Phi) is 3.63. The Morgan fingerprint density at radius 1 is 1.25 bits per heavy atom. The Morgan fingerprint density at radius 3 is 2.79 bits per heavy atom. The highest BCUT2D eigenvalue weighted by Crippen LogP contribution is 2.47. The molecule has 124 valence electrons. The van der Waals surface area contributed by atoms with Gasteiger partial charge in [-0.15, -0.1) is 0 Å². The van der Waals surface area contributed by atoms with E-state index in [1.807, 2.05) is 0 Å². The predicted molar refractivity (Wildman–Crippen MR) is 85.5 cm³/mol. The van der Waals surface area contributed by atoms with Gasteiger partial charge >= 0.3 is 6.03 Å². The molecule has 7 nitrogen and oxygen atoms in total. The molecule has 0 radical (unpaired) electrons. The van der Waals surface area contributed by atoms with Crippen molar-refractivity contribution >= 4 is 29.7 Å². The van der Waals surface area contributed by atoms with Crippen LogP contribution in [0.5, 0.6) is 0 Å². The number of nitrogens with one attached hydrogen (secondary N) is 1. The third-order valence-electron chi connectivity index (χ3n) is 5.29. The van der Waals surface area contributed by atoms with Crippen LogP contribution in [0.15, 0.2) is 29.5 Å². The van der Waals surface area contributed by atoms with Gasteiger partial charge in [-0.3, -0.25) is 29.8 Å². The normalized spacial score (nSPS) is 32.7. The van der Waals surface area contributed by atoms with Gasteiger partial charge in [-0.2, -0.15) is 0 Å². The molecule has 0 spiro atoms. The van der Waals surface area contributed by atoms with E-state index in [1.165, 1.54) is 17.5 Å². The van der Waals surface area contributed by atoms with Crippen molar-refractivity contribution in [2.24, 2.45) is 22.7 Å². The summed E-state index contributed by atoms with van der Waals surface area (Å²) in [6.45, 7) is 0. The van der Waals surface area contributed by atoms with Crippen LogP contribution in [-0.4, -0.2) is 40.0 Å². The van der Waals surface area contributed by atoms with Gasteiger partial charge in [0.15, 0.2) is 5.92 Å². The van der Waals surface area contributed by atoms with Crippen LogP contribution >= 0.6 is 0 Å². The first-order valence-corrected chi connectivity index (χ1v) is 8.25. The molecule has 4 atom stereocenters. The molecule has 1 saturated heterocycles. The second-order valence-corrected chi connectivity index (χ2v) is 6.71. The topological polar surface area (TPSA) is 91.7 Å². The molecule has 4 rings (SSSR count). The van der Waals surface area contributed by atoms with Gasteiger partial charge in [0, 0.05) is 18.5 Å². The second-order valence-electron chi connectivity index (χ2n) is 6.71. The zero-order valence-corrected chi connectivity index (χ0v) is 13.1. The Labute approximate surface area is 139 Å². The van der Waals surface area contributed by atoms with Gasteiger partial charge in [0.2, 0.25) is 11.8 Å². The molecule has 7 heteroatoms. The molecular formula is C17H18N4O3. The maximum absolute atomic E-state index is 12.8. The number of aliphatic imine (C=N–C) groups is 1. The van der Waals surface area contributed by atoms with Crippen molar-refractivity contribution in [2.75, 3.05) is 0 Å². The maximum atomic E-state index is 12.8. The number of urea groups is 1. The highest BCUT2D eigenvalue weighted by molar-refractivity contribution is 6.23. The third-order valence-corrected chi connectivity index (χ3v) is 5.29. The maximum Gasteiger partial charge on any atom is 0.331 e. The zero-order valence-electron chi connectivity index (χ0n) is 13.1. The number of hydrogen-bond acceptors (Lipinski definition) is 5. The summed E-state index contributed by atoms with van der Waals surface area (Å²) >= 11 is 0. The van der Waals surface area contributed by atoms with Crippen LogP contribution in [0.4, 0.5) is 10.5 Å². The van der Waals surface area contributed by atoms with Crippen molar-refractivity contribution in [1.82, 2.24) is 15.2 Å². The van der Waals surface area contributed by atoms with E-state index in [0.717, 1.165) is 19.3 Å². The van der Waals surface area contributed by atoms with Crippen molar-refractivity contribution < 1.29 is 14.4 Å². The van der Waals surface area contributed by atoms with Crippen molar-refractivity contribution in [1.29, 1.82) is 0 Å². The minimum atomic E-state index is -1.07. The van der Waals surface area contributed by atoms with E-state index in [9.17, 15) is 14.4 Å². The molecule has 3 aliphatic rings. The first kappa shape index (κ1) is 15.0. The zero-order chi connectivity index (χ0) is 16.7. The molecule has 3 fully saturated rings. The predicted octanol–water partition coefficient (Wildman–Crippen LogP) is 1.67. The van der Waals surface area contributed by atoms with Crippen molar-refractivity contribution in [3.8, 4) is 0 Å². The van der Waals surface area contributed by atoms with Gasteiger partial charge in [-0.1, -0.05) is 6.42 Å². The number of fused-ring (bicyclic) bond motifs is 2. The number of amides is 4. The molecule has 1 aliphatic heterocycles. The summed E-state index contributed by atoms with van der Waals surface area (Å²) in [4.78, 5) is 46.4. The molecule has 2 bridgehead atoms. The van der Waals surface area contributed by atoms with Gasteiger partial charge in [-0.05, 0) is 43.2 Å². The Bertz CT molecular complexity index is 718. The number of hydrogen-bond donors (Lipinski definition) is 1. The third kappa shape index (κ3) is 2.50. The Morgan fingerprint density at radius 2 is 2.12 bits per heavy atom. The number of rotatable bonds is 3. The lowest BCUT2D eigenvalue weighted by molar-refractivity contribution is -0.141. The van der Waals surface area contributed by atoms with Gasteiger partial charge < -0.3 is 0 Å². The standard InChI is InChI=1S/C17H18N4O3/c22-15-13(9-19-12-2-1-5-18-8-12)16(23)21(17(24)20-15)14-7-10-3-4-11(14)6-10/h1-2,5,8-11,13-14H,3-4,6-7H2,(H,20,22,24)/t10-,11-,13+,14-/m0/s1. The van der Waals surface area contributed by atoms with E-state index in [0.29, 0.717) is 17.5 Å². The smallest absolute Gasteiger partial charge is 0.277 e. The average molecular weight is 326 g/mol. The lowest BCUT2D eigenvalue weighted by Crippen LogP contribution is -2.62. The van der Waals surface area contributed by atoms with Crippen LogP contribution in [0.1, 0.15) is 25.7 Å². The molecule has 0 aromatic carbocycles. The Balaban J connectivity index is 1.56. The molecule has 2 aliphatic carbocycles. The van der Waals surface area contributed by atoms with Crippen molar-refractivity contribution in [2.45, 2.75) is 31.7 Å². The second kappa shape index (κ2) is 5.81. The number of aromatic nitrogens is 1. The molecule has 1 aromatic heterocycles. The van der Waals surface area contributed by atoms with Gasteiger partial charge in [0.05, 0.1) is 11.9 Å². The number of carbonyl (C=O) groups excluding carboxylic acids is 3. The Hall–Kier alpha value is -2.57. The van der Waals surface area contributed by atoms with Crippen molar-refractivity contribution in [3.05, 3.63) is 24.5 Å². The largest absolute Gasteiger partial charge is 0.331 e. The number of carbonyl (C=O) groups is 3. The SMILES string of the molecule is O=C1NC(=O)N([C@H]2C[C@H]3CC[C@H]2C3)C(=O)[C@@H]1C=Nc1cccnc1. The van der Waals surface area contributed by atoms with Gasteiger partial charge in [0.1, 0.15) is 0 Å². The van der Waals surface area contributed by atoms with E-state index < -0.39 is 23.8 Å². The summed E-state index contributed by atoms with van der Waals surface area (Å²) < 4.78 is 0. The number of nitrogens with zero attached hydrogens (tertiary/aromatic N) is 3. The highest BCUT2D eigenvalue weighted by Gasteiger charge is 2.50. The monoisotopic (exact) mass is 326 g/mol. The highest BCUT2D eigenvalue weighted by atomic mass is 16.2. The van der Waals surface area contributed by atoms with Crippen LogP contribution in [0, 0.1) is 17.8 Å². The summed E-state index contributed by atoms with van der Waals surface area (Å²) in [5, 5.41) is 2.30. The number of barbiturate groups is 1. The summed E-state index contributed by atoms with van der Waals surface area (Å²) in [5.41, 5.74) is 0.557. The van der Waals surface area contributed by atoms with Crippen LogP contribution in [0.3, 0.4) is 0 Å². The van der Waals surface area contributed by atoms with E-state index in [1.54, 1.807) is 24.5 Å². The van der Waals surface area contributed by atoms with Crippen molar-refractivity contribution in [3.63, 3.8) is 0 Å². The van der Waals surface area contributed by atoms with Crippen LogP contribution < -0.4 is 5.32 Å². The lowest BCUT2D eigenvalue weighted by Gasteiger charge is -2.36. The summed E-state index contributed by atoms with van der Waals surface area (Å²) in [7, 11) is 0. The molecule has 2 heterocycles. The average Bonchev–Trinajstić information content (AvgIpc) is 3.18. The van der Waals surface area contributed by atoms with E-state index in [2.05, 4.69) is 15.3 Å². The van der Waals surface area contributed by atoms with Crippen LogP contribution in [0.2, 0.25) is 0 Å². The van der Waals surface area contributed by atoms with Crippen LogP contribution in [-0.2, 0) is 9.59 Å². The number of pyridine rings is 1. The molecule has 1 aromatic rings. The molecule has 4 amide bonds. The summed E-state index contributed by atoms with van der Waals surface area (Å²) in [5.74, 6) is -1.18. The first-order chi connectivity index (χ1) is 11.6. The fourth-order valence-electron chi connectivity index (χ4n) is 4.17.